The molecule has 0 aliphatic rings. The highest BCUT2D eigenvalue weighted by Gasteiger charge is 2.30. The molecule has 1 amide bonds. The second kappa shape index (κ2) is 7.30. The molecule has 2 N–H and O–H groups in total. The van der Waals surface area contributed by atoms with Crippen molar-refractivity contribution in [2.45, 2.75) is 26.9 Å². The summed E-state index contributed by atoms with van der Waals surface area (Å²) >= 11 is 0. The fourth-order valence-corrected chi connectivity index (χ4v) is 3.13. The summed E-state index contributed by atoms with van der Waals surface area (Å²) in [6.07, 6.45) is 0.784. The minimum absolute atomic E-state index is 0.0890. The van der Waals surface area contributed by atoms with Gasteiger partial charge in [0.05, 0.1) is 23.1 Å². The smallest absolute Gasteiger partial charge is 0.359 e. The van der Waals surface area contributed by atoms with E-state index in [1.165, 1.54) is 16.8 Å². The van der Waals surface area contributed by atoms with Crippen LogP contribution in [0.3, 0.4) is 0 Å². The Hall–Kier alpha value is -3.55. The fraction of sp³-hybridized carbons (Fsp3) is 0.217. The number of anilines is 1. The quantitative estimate of drug-likeness (QED) is 0.421. The van der Waals surface area contributed by atoms with Crippen LogP contribution in [0.2, 0.25) is 0 Å². The number of alkyl halides is 3. The maximum absolute atomic E-state index is 12.8. The molecule has 0 saturated heterocycles. The number of nitrogens with zero attached hydrogens (tertiary/aromatic N) is 2. The standard InChI is InChI=1S/C23H21F3N4O/c1-22(2,3)21(31)29-20-12-27-19-9-4-14(10-18(19)20)15-11-28-30(13-15)17-7-5-16(6-8-17)23(24,25)26/h4-13,27H,1-3H3,(H,29,31). The van der Waals surface area contributed by atoms with Crippen molar-refractivity contribution in [2.24, 2.45) is 5.41 Å². The molecule has 0 unspecified atom stereocenters. The molecule has 0 atom stereocenters. The third kappa shape index (κ3) is 4.19. The first-order valence-electron chi connectivity index (χ1n) is 9.68. The van der Waals surface area contributed by atoms with E-state index in [0.29, 0.717) is 11.4 Å². The number of aromatic nitrogens is 3. The summed E-state index contributed by atoms with van der Waals surface area (Å²) in [5, 5.41) is 8.09. The van der Waals surface area contributed by atoms with Crippen LogP contribution in [-0.2, 0) is 11.0 Å². The summed E-state index contributed by atoms with van der Waals surface area (Å²) in [4.78, 5) is 15.5. The Bertz CT molecular complexity index is 1240. The molecule has 0 radical (unpaired) electrons. The van der Waals surface area contributed by atoms with Gasteiger partial charge in [-0.1, -0.05) is 26.8 Å². The van der Waals surface area contributed by atoms with Crippen molar-refractivity contribution in [1.82, 2.24) is 14.8 Å². The Balaban J connectivity index is 1.63. The lowest BCUT2D eigenvalue weighted by Gasteiger charge is -2.17. The van der Waals surface area contributed by atoms with Crippen molar-refractivity contribution in [3.05, 3.63) is 66.6 Å². The Labute approximate surface area is 176 Å². The van der Waals surface area contributed by atoms with Crippen molar-refractivity contribution < 1.29 is 18.0 Å². The highest BCUT2D eigenvalue weighted by atomic mass is 19.4. The van der Waals surface area contributed by atoms with Gasteiger partial charge in [-0.2, -0.15) is 18.3 Å². The Morgan fingerprint density at radius 2 is 1.74 bits per heavy atom. The molecule has 160 valence electrons. The predicted molar refractivity (Wildman–Crippen MR) is 114 cm³/mol. The molecule has 0 bridgehead atoms. The summed E-state index contributed by atoms with van der Waals surface area (Å²) in [6.45, 7) is 5.54. The number of H-pyrrole nitrogens is 1. The third-order valence-corrected chi connectivity index (χ3v) is 4.99. The second-order valence-electron chi connectivity index (χ2n) is 8.39. The first-order valence-corrected chi connectivity index (χ1v) is 9.68. The van der Waals surface area contributed by atoms with Gasteiger partial charge >= 0.3 is 6.18 Å². The zero-order valence-electron chi connectivity index (χ0n) is 17.2. The van der Waals surface area contributed by atoms with Crippen molar-refractivity contribution in [1.29, 1.82) is 0 Å². The Morgan fingerprint density at radius 1 is 1.03 bits per heavy atom. The molecule has 2 heterocycles. The SMILES string of the molecule is CC(C)(C)C(=O)Nc1c[nH]c2ccc(-c3cnn(-c4ccc(C(F)(F)F)cc4)c3)cc12. The molecule has 0 spiro atoms. The molecule has 0 fully saturated rings. The highest BCUT2D eigenvalue weighted by Crippen LogP contribution is 2.32. The first-order chi connectivity index (χ1) is 14.5. The highest BCUT2D eigenvalue weighted by molar-refractivity contribution is 6.04. The molecule has 0 aliphatic heterocycles. The largest absolute Gasteiger partial charge is 0.416 e. The zero-order chi connectivity index (χ0) is 22.4. The van der Waals surface area contributed by atoms with E-state index in [2.05, 4.69) is 15.4 Å². The number of halogens is 3. The maximum atomic E-state index is 12.8. The van der Waals surface area contributed by atoms with Crippen LogP contribution >= 0.6 is 0 Å². The minimum Gasteiger partial charge on any atom is -0.359 e. The van der Waals surface area contributed by atoms with Gasteiger partial charge in [-0.3, -0.25) is 4.79 Å². The number of benzene rings is 2. The summed E-state index contributed by atoms with van der Waals surface area (Å²) in [7, 11) is 0. The van der Waals surface area contributed by atoms with Crippen LogP contribution < -0.4 is 5.32 Å². The first kappa shape index (κ1) is 20.7. The topological polar surface area (TPSA) is 62.7 Å². The summed E-state index contributed by atoms with van der Waals surface area (Å²) in [5.41, 5.74) is 2.54. The van der Waals surface area contributed by atoms with E-state index in [1.807, 2.05) is 39.0 Å². The molecule has 4 aromatic rings. The van der Waals surface area contributed by atoms with Crippen LogP contribution in [0.25, 0.3) is 27.7 Å². The van der Waals surface area contributed by atoms with E-state index >= 15 is 0 Å². The fourth-order valence-electron chi connectivity index (χ4n) is 3.13. The average molecular weight is 426 g/mol. The van der Waals surface area contributed by atoms with E-state index in [0.717, 1.165) is 34.2 Å². The normalized spacial score (nSPS) is 12.3. The average Bonchev–Trinajstić information content (AvgIpc) is 3.34. The summed E-state index contributed by atoms with van der Waals surface area (Å²) < 4.78 is 39.8. The van der Waals surface area contributed by atoms with Crippen LogP contribution in [0.5, 0.6) is 0 Å². The van der Waals surface area contributed by atoms with Crippen LogP contribution in [-0.4, -0.2) is 20.7 Å². The van der Waals surface area contributed by atoms with Gasteiger partial charge in [0.15, 0.2) is 0 Å². The maximum Gasteiger partial charge on any atom is 0.416 e. The lowest BCUT2D eigenvalue weighted by molar-refractivity contribution is -0.137. The number of hydrogen-bond acceptors (Lipinski definition) is 2. The Morgan fingerprint density at radius 3 is 2.39 bits per heavy atom. The molecule has 0 aliphatic carbocycles. The molecule has 2 aromatic carbocycles. The van der Waals surface area contributed by atoms with Crippen LogP contribution in [0.4, 0.5) is 18.9 Å². The van der Waals surface area contributed by atoms with Gasteiger partial charge in [0, 0.05) is 34.3 Å². The third-order valence-electron chi connectivity index (χ3n) is 4.99. The summed E-state index contributed by atoms with van der Waals surface area (Å²) in [5.74, 6) is -0.0890. The molecule has 2 aromatic heterocycles. The molecule has 4 rings (SSSR count). The predicted octanol–water partition coefficient (Wildman–Crippen LogP) is 6.02. The van der Waals surface area contributed by atoms with E-state index in [-0.39, 0.29) is 5.91 Å². The van der Waals surface area contributed by atoms with Gasteiger partial charge in [0.2, 0.25) is 5.91 Å². The van der Waals surface area contributed by atoms with Gasteiger partial charge in [0.25, 0.3) is 0 Å². The lowest BCUT2D eigenvalue weighted by Crippen LogP contribution is -2.27. The van der Waals surface area contributed by atoms with Gasteiger partial charge in [-0.05, 0) is 42.0 Å². The van der Waals surface area contributed by atoms with Crippen molar-refractivity contribution in [2.75, 3.05) is 5.32 Å². The molecule has 8 heteroatoms. The van der Waals surface area contributed by atoms with Crippen LogP contribution in [0.1, 0.15) is 26.3 Å². The molecular formula is C23H21F3N4O. The number of nitrogens with one attached hydrogen (secondary N) is 2. The number of carbonyl (C=O) groups is 1. The van der Waals surface area contributed by atoms with E-state index < -0.39 is 17.2 Å². The van der Waals surface area contributed by atoms with E-state index in [1.54, 1.807) is 18.6 Å². The van der Waals surface area contributed by atoms with Crippen molar-refractivity contribution >= 4 is 22.5 Å². The summed E-state index contributed by atoms with van der Waals surface area (Å²) in [6, 6.07) is 10.6. The number of amides is 1. The van der Waals surface area contributed by atoms with Crippen molar-refractivity contribution in [3.63, 3.8) is 0 Å². The second-order valence-corrected chi connectivity index (χ2v) is 8.39. The molecule has 0 saturated carbocycles. The number of aromatic amines is 1. The van der Waals surface area contributed by atoms with E-state index in [9.17, 15) is 18.0 Å². The van der Waals surface area contributed by atoms with Crippen LogP contribution in [0.15, 0.2) is 61.1 Å². The van der Waals surface area contributed by atoms with Crippen LogP contribution in [0, 0.1) is 5.41 Å². The molecule has 5 nitrogen and oxygen atoms in total. The minimum atomic E-state index is -4.38. The molecular weight excluding hydrogens is 405 g/mol. The van der Waals surface area contributed by atoms with Gasteiger partial charge in [-0.25, -0.2) is 4.68 Å². The monoisotopic (exact) mass is 426 g/mol. The van der Waals surface area contributed by atoms with Gasteiger partial charge < -0.3 is 10.3 Å². The Kier molecular flexibility index (Phi) is 4.88. The number of rotatable bonds is 3. The zero-order valence-corrected chi connectivity index (χ0v) is 17.2. The number of fused-ring (bicyclic) bond motifs is 1. The van der Waals surface area contributed by atoms with Gasteiger partial charge in [0.1, 0.15) is 0 Å². The molecule has 31 heavy (non-hydrogen) atoms. The van der Waals surface area contributed by atoms with E-state index in [4.69, 9.17) is 0 Å². The van der Waals surface area contributed by atoms with Crippen molar-refractivity contribution in [3.8, 4) is 16.8 Å². The lowest BCUT2D eigenvalue weighted by atomic mass is 9.95. The van der Waals surface area contributed by atoms with Gasteiger partial charge in [-0.15, -0.1) is 0 Å². The number of carbonyl (C=O) groups excluding carboxylic acids is 1. The number of hydrogen-bond donors (Lipinski definition) is 2.